The summed E-state index contributed by atoms with van der Waals surface area (Å²) in [5.74, 6) is 0. The van der Waals surface area contributed by atoms with Gasteiger partial charge in [-0.25, -0.2) is 4.98 Å². The molecule has 0 aromatic carbocycles. The van der Waals surface area contributed by atoms with E-state index in [1.54, 1.807) is 6.92 Å². The predicted octanol–water partition coefficient (Wildman–Crippen LogP) is 2.40. The highest BCUT2D eigenvalue weighted by Gasteiger charge is 2.39. The van der Waals surface area contributed by atoms with Crippen LogP contribution in [0.4, 0.5) is 13.2 Å². The maximum atomic E-state index is 12.3. The highest BCUT2D eigenvalue weighted by molar-refractivity contribution is 7.11. The number of hydrogen-bond acceptors (Lipinski definition) is 4. The Morgan fingerprint density at radius 1 is 1.50 bits per heavy atom. The first-order valence-electron chi connectivity index (χ1n) is 4.48. The Balaban J connectivity index is 3.02. The summed E-state index contributed by atoms with van der Waals surface area (Å²) >= 11 is 0.424. The van der Waals surface area contributed by atoms with Crippen molar-refractivity contribution >= 4 is 11.3 Å². The third-order valence-electron chi connectivity index (χ3n) is 2.39. The van der Waals surface area contributed by atoms with Gasteiger partial charge in [0.15, 0.2) is 5.01 Å². The number of aromatic nitrogens is 1. The number of alkyl halides is 3. The van der Waals surface area contributed by atoms with Crippen LogP contribution >= 0.6 is 11.3 Å². The van der Waals surface area contributed by atoms with Gasteiger partial charge in [-0.3, -0.25) is 0 Å². The van der Waals surface area contributed by atoms with Crippen molar-refractivity contribution in [3.8, 4) is 0 Å². The molecule has 2 atom stereocenters. The van der Waals surface area contributed by atoms with Crippen molar-refractivity contribution in [3.05, 3.63) is 16.1 Å². The Morgan fingerprint density at radius 3 is 2.44 bits per heavy atom. The third-order valence-corrected chi connectivity index (χ3v) is 3.66. The lowest BCUT2D eigenvalue weighted by Gasteiger charge is -2.27. The average molecular weight is 255 g/mol. The molecule has 7 heteroatoms. The lowest BCUT2D eigenvalue weighted by atomic mass is 9.99. The summed E-state index contributed by atoms with van der Waals surface area (Å²) < 4.78 is 41.8. The minimum atomic E-state index is -4.48. The average Bonchev–Trinajstić information content (AvgIpc) is 2.64. The molecule has 0 amide bonds. The van der Waals surface area contributed by atoms with E-state index in [0.29, 0.717) is 11.3 Å². The molecule has 1 aromatic rings. The van der Waals surface area contributed by atoms with Gasteiger partial charge in [0.1, 0.15) is 5.60 Å². The molecule has 2 unspecified atom stereocenters. The van der Waals surface area contributed by atoms with Crippen molar-refractivity contribution in [1.29, 1.82) is 0 Å². The van der Waals surface area contributed by atoms with Crippen LogP contribution in [0.2, 0.25) is 0 Å². The van der Waals surface area contributed by atoms with Crippen LogP contribution in [0.5, 0.6) is 0 Å². The summed E-state index contributed by atoms with van der Waals surface area (Å²) in [6.45, 7) is 2.97. The second-order valence-corrected chi connectivity index (χ2v) is 4.58. The van der Waals surface area contributed by atoms with E-state index in [4.69, 9.17) is 4.74 Å². The van der Waals surface area contributed by atoms with Gasteiger partial charge in [0.05, 0.1) is 11.0 Å². The summed E-state index contributed by atoms with van der Waals surface area (Å²) in [6.07, 6.45) is -4.06. The largest absolute Gasteiger partial charge is 0.443 e. The number of methoxy groups -OCH3 is 1. The summed E-state index contributed by atoms with van der Waals surface area (Å²) in [4.78, 5) is 3.38. The van der Waals surface area contributed by atoms with Gasteiger partial charge in [0, 0.05) is 13.3 Å². The van der Waals surface area contributed by atoms with E-state index in [9.17, 15) is 18.3 Å². The van der Waals surface area contributed by atoms with E-state index in [1.807, 2.05) is 0 Å². The van der Waals surface area contributed by atoms with Gasteiger partial charge in [-0.2, -0.15) is 13.2 Å². The Hall–Kier alpha value is -0.660. The zero-order chi connectivity index (χ0) is 12.6. The molecule has 1 aromatic heterocycles. The lowest BCUT2D eigenvalue weighted by Crippen LogP contribution is -2.34. The molecule has 16 heavy (non-hydrogen) atoms. The normalized spacial score (nSPS) is 18.2. The Morgan fingerprint density at radius 2 is 2.06 bits per heavy atom. The molecule has 1 N–H and O–H groups in total. The van der Waals surface area contributed by atoms with Crippen LogP contribution in [0.1, 0.15) is 23.7 Å². The molecule has 0 spiro atoms. The maximum Gasteiger partial charge on any atom is 0.443 e. The smallest absolute Gasteiger partial charge is 0.382 e. The van der Waals surface area contributed by atoms with Gasteiger partial charge in [0.25, 0.3) is 0 Å². The zero-order valence-electron chi connectivity index (χ0n) is 9.00. The SMILES string of the molecule is COC(C)C(C)(O)c1cnc(C(F)(F)F)s1. The first-order chi connectivity index (χ1) is 7.19. The first kappa shape index (κ1) is 13.4. The predicted molar refractivity (Wildman–Crippen MR) is 53.2 cm³/mol. The van der Waals surface area contributed by atoms with Crippen LogP contribution in [-0.2, 0) is 16.5 Å². The van der Waals surface area contributed by atoms with E-state index >= 15 is 0 Å². The monoisotopic (exact) mass is 255 g/mol. The van der Waals surface area contributed by atoms with E-state index < -0.39 is 22.9 Å². The molecule has 0 aliphatic carbocycles. The van der Waals surface area contributed by atoms with Crippen molar-refractivity contribution < 1.29 is 23.0 Å². The van der Waals surface area contributed by atoms with Crippen LogP contribution in [0.15, 0.2) is 6.20 Å². The van der Waals surface area contributed by atoms with Crippen molar-refractivity contribution in [3.63, 3.8) is 0 Å². The molecule has 0 aliphatic rings. The van der Waals surface area contributed by atoms with Crippen molar-refractivity contribution in [2.24, 2.45) is 0 Å². The van der Waals surface area contributed by atoms with Crippen molar-refractivity contribution in [2.45, 2.75) is 31.7 Å². The molecule has 0 radical (unpaired) electrons. The van der Waals surface area contributed by atoms with Gasteiger partial charge in [-0.15, -0.1) is 11.3 Å². The van der Waals surface area contributed by atoms with Crippen LogP contribution in [-0.4, -0.2) is 23.3 Å². The maximum absolute atomic E-state index is 12.3. The van der Waals surface area contributed by atoms with E-state index in [1.165, 1.54) is 14.0 Å². The topological polar surface area (TPSA) is 42.4 Å². The molecular formula is C9H12F3NO2S. The number of nitrogens with zero attached hydrogens (tertiary/aromatic N) is 1. The Bertz CT molecular complexity index is 362. The molecule has 3 nitrogen and oxygen atoms in total. The molecule has 0 bridgehead atoms. The van der Waals surface area contributed by atoms with Crippen LogP contribution in [0.3, 0.4) is 0 Å². The van der Waals surface area contributed by atoms with Crippen LogP contribution in [0, 0.1) is 0 Å². The summed E-state index contributed by atoms with van der Waals surface area (Å²) in [5, 5.41) is 9.04. The lowest BCUT2D eigenvalue weighted by molar-refractivity contribution is -0.137. The van der Waals surface area contributed by atoms with E-state index in [2.05, 4.69) is 4.98 Å². The number of hydrogen-bond donors (Lipinski definition) is 1. The fourth-order valence-corrected chi connectivity index (χ4v) is 1.98. The fourth-order valence-electron chi connectivity index (χ4n) is 1.07. The summed E-state index contributed by atoms with van der Waals surface area (Å²) in [6, 6.07) is 0. The van der Waals surface area contributed by atoms with Crippen molar-refractivity contribution in [2.75, 3.05) is 7.11 Å². The number of halogens is 3. The van der Waals surface area contributed by atoms with Gasteiger partial charge >= 0.3 is 6.18 Å². The van der Waals surface area contributed by atoms with E-state index in [-0.39, 0.29) is 4.88 Å². The highest BCUT2D eigenvalue weighted by Crippen LogP contribution is 2.37. The molecule has 92 valence electrons. The fraction of sp³-hybridized carbons (Fsp3) is 0.667. The molecule has 1 heterocycles. The zero-order valence-corrected chi connectivity index (χ0v) is 9.82. The second kappa shape index (κ2) is 4.31. The second-order valence-electron chi connectivity index (χ2n) is 3.55. The molecule has 0 saturated heterocycles. The number of aliphatic hydroxyl groups is 1. The van der Waals surface area contributed by atoms with Gasteiger partial charge in [0.2, 0.25) is 0 Å². The quantitative estimate of drug-likeness (QED) is 0.901. The standard InChI is InChI=1S/C9H12F3NO2S/c1-5(15-3)8(2,14)6-4-13-7(16-6)9(10,11)12/h4-5,14H,1-3H3. The van der Waals surface area contributed by atoms with Gasteiger partial charge in [-0.05, 0) is 13.8 Å². The van der Waals surface area contributed by atoms with Gasteiger partial charge < -0.3 is 9.84 Å². The van der Waals surface area contributed by atoms with Crippen LogP contribution in [0.25, 0.3) is 0 Å². The number of ether oxygens (including phenoxy) is 1. The highest BCUT2D eigenvalue weighted by atomic mass is 32.1. The Labute approximate surface area is 94.9 Å². The molecule has 0 fully saturated rings. The van der Waals surface area contributed by atoms with Crippen LogP contribution < -0.4 is 0 Å². The number of thiazole rings is 1. The summed E-state index contributed by atoms with van der Waals surface area (Å²) in [5.41, 5.74) is -1.48. The third kappa shape index (κ3) is 2.53. The minimum Gasteiger partial charge on any atom is -0.382 e. The van der Waals surface area contributed by atoms with E-state index in [0.717, 1.165) is 6.20 Å². The first-order valence-corrected chi connectivity index (χ1v) is 5.30. The van der Waals surface area contributed by atoms with Crippen molar-refractivity contribution in [1.82, 2.24) is 4.98 Å². The molecular weight excluding hydrogens is 243 g/mol. The molecule has 1 rings (SSSR count). The Kier molecular flexibility index (Phi) is 3.61. The van der Waals surface area contributed by atoms with Gasteiger partial charge in [-0.1, -0.05) is 0 Å². The summed E-state index contributed by atoms with van der Waals surface area (Å²) in [7, 11) is 1.38. The number of rotatable bonds is 3. The minimum absolute atomic E-state index is 0.133. The molecule has 0 aliphatic heterocycles. The molecule has 0 saturated carbocycles.